The van der Waals surface area contributed by atoms with Gasteiger partial charge in [0.2, 0.25) is 0 Å². The Morgan fingerprint density at radius 3 is 2.09 bits per heavy atom. The summed E-state index contributed by atoms with van der Waals surface area (Å²) >= 11 is 0. The van der Waals surface area contributed by atoms with Crippen LogP contribution in [0, 0.1) is 11.8 Å². The van der Waals surface area contributed by atoms with Crippen molar-refractivity contribution in [1.29, 1.82) is 0 Å². The monoisotopic (exact) mass is 438 g/mol. The fourth-order valence-corrected chi connectivity index (χ4v) is 4.84. The molecule has 4 rings (SSSR count). The topological polar surface area (TPSA) is 95.0 Å². The predicted octanol–water partition coefficient (Wildman–Crippen LogP) is 2.91. The van der Waals surface area contributed by atoms with Crippen molar-refractivity contribution in [2.24, 2.45) is 11.8 Å². The van der Waals surface area contributed by atoms with E-state index in [4.69, 9.17) is 14.2 Å². The van der Waals surface area contributed by atoms with Crippen molar-refractivity contribution in [2.45, 2.75) is 32.9 Å². The molecular formula is C24H26N2O6. The predicted molar refractivity (Wildman–Crippen MR) is 116 cm³/mol. The molecule has 3 heterocycles. The summed E-state index contributed by atoms with van der Waals surface area (Å²) in [7, 11) is 0. The zero-order valence-corrected chi connectivity index (χ0v) is 18.3. The molecule has 4 atom stereocenters. The first-order valence-electron chi connectivity index (χ1n) is 10.9. The lowest BCUT2D eigenvalue weighted by atomic mass is 9.83. The molecule has 4 unspecified atom stereocenters. The Hall–Kier alpha value is -3.42. The molecule has 32 heavy (non-hydrogen) atoms. The van der Waals surface area contributed by atoms with Crippen molar-refractivity contribution in [3.05, 3.63) is 48.3 Å². The molecule has 0 spiro atoms. The molecule has 0 amide bonds. The molecule has 1 saturated heterocycles. The van der Waals surface area contributed by atoms with Gasteiger partial charge in [-0.3, -0.25) is 14.6 Å². The number of fused-ring (bicyclic) bond motifs is 6. The second-order valence-corrected chi connectivity index (χ2v) is 7.56. The highest BCUT2D eigenvalue weighted by atomic mass is 16.5. The Morgan fingerprint density at radius 1 is 0.812 bits per heavy atom. The van der Waals surface area contributed by atoms with Gasteiger partial charge in [-0.05, 0) is 32.9 Å². The van der Waals surface area contributed by atoms with Crippen LogP contribution >= 0.6 is 0 Å². The first kappa shape index (κ1) is 21.8. The zero-order chi connectivity index (χ0) is 22.8. The first-order chi connectivity index (χ1) is 15.5. The van der Waals surface area contributed by atoms with Crippen LogP contribution in [0.4, 0.5) is 5.69 Å². The maximum absolute atomic E-state index is 13.2. The van der Waals surface area contributed by atoms with Gasteiger partial charge < -0.3 is 19.1 Å². The molecule has 1 aromatic heterocycles. The SMILES string of the molecule is CCOC(=O)C1C(C(=O)OCC)C2c3ncccc3-c3ccccc3N2C1C(=O)OCC. The average molecular weight is 438 g/mol. The Balaban J connectivity index is 1.98. The summed E-state index contributed by atoms with van der Waals surface area (Å²) in [6.45, 7) is 5.50. The van der Waals surface area contributed by atoms with Gasteiger partial charge in [0.25, 0.3) is 0 Å². The minimum Gasteiger partial charge on any atom is -0.466 e. The molecule has 2 aliphatic rings. The van der Waals surface area contributed by atoms with Crippen molar-refractivity contribution in [1.82, 2.24) is 4.98 Å². The van der Waals surface area contributed by atoms with E-state index in [1.165, 1.54) is 0 Å². The smallest absolute Gasteiger partial charge is 0.329 e. The summed E-state index contributed by atoms with van der Waals surface area (Å²) in [6, 6.07) is 9.59. The van der Waals surface area contributed by atoms with Crippen molar-refractivity contribution < 1.29 is 28.6 Å². The third-order valence-corrected chi connectivity index (χ3v) is 5.90. The summed E-state index contributed by atoms with van der Waals surface area (Å²) in [5, 5.41) is 0. The summed E-state index contributed by atoms with van der Waals surface area (Å²) in [4.78, 5) is 46.0. The van der Waals surface area contributed by atoms with E-state index >= 15 is 0 Å². The molecule has 8 nitrogen and oxygen atoms in total. The van der Waals surface area contributed by atoms with E-state index in [1.807, 2.05) is 36.4 Å². The van der Waals surface area contributed by atoms with Crippen LogP contribution in [0.25, 0.3) is 11.1 Å². The minimum absolute atomic E-state index is 0.122. The fourth-order valence-electron chi connectivity index (χ4n) is 4.84. The van der Waals surface area contributed by atoms with Crippen LogP contribution in [-0.2, 0) is 28.6 Å². The van der Waals surface area contributed by atoms with Gasteiger partial charge in [0.1, 0.15) is 12.0 Å². The van der Waals surface area contributed by atoms with Gasteiger partial charge in [0.15, 0.2) is 0 Å². The summed E-state index contributed by atoms with van der Waals surface area (Å²) < 4.78 is 16.1. The zero-order valence-electron chi connectivity index (χ0n) is 18.3. The van der Waals surface area contributed by atoms with Gasteiger partial charge in [-0.1, -0.05) is 24.3 Å². The van der Waals surface area contributed by atoms with Gasteiger partial charge in [0.05, 0.1) is 37.5 Å². The van der Waals surface area contributed by atoms with Crippen LogP contribution in [0.1, 0.15) is 32.5 Å². The molecule has 168 valence electrons. The molecule has 2 aromatic rings. The number of pyridine rings is 1. The van der Waals surface area contributed by atoms with Crippen LogP contribution in [0.2, 0.25) is 0 Å². The number of benzene rings is 1. The van der Waals surface area contributed by atoms with Gasteiger partial charge >= 0.3 is 17.9 Å². The van der Waals surface area contributed by atoms with Gasteiger partial charge in [-0.15, -0.1) is 0 Å². The second-order valence-electron chi connectivity index (χ2n) is 7.56. The van der Waals surface area contributed by atoms with Crippen LogP contribution in [0.15, 0.2) is 42.6 Å². The first-order valence-corrected chi connectivity index (χ1v) is 10.9. The van der Waals surface area contributed by atoms with E-state index in [9.17, 15) is 14.4 Å². The Labute approximate surface area is 186 Å². The number of ether oxygens (including phenoxy) is 3. The lowest BCUT2D eigenvalue weighted by Gasteiger charge is -2.38. The van der Waals surface area contributed by atoms with Gasteiger partial charge in [0, 0.05) is 23.0 Å². The molecule has 0 bridgehead atoms. The van der Waals surface area contributed by atoms with Crippen molar-refractivity contribution in [3.63, 3.8) is 0 Å². The molecule has 0 radical (unpaired) electrons. The highest BCUT2D eigenvalue weighted by Gasteiger charge is 2.62. The van der Waals surface area contributed by atoms with Crippen LogP contribution in [-0.4, -0.2) is 48.8 Å². The Morgan fingerprint density at radius 2 is 1.41 bits per heavy atom. The fraction of sp³-hybridized carbons (Fsp3) is 0.417. The number of anilines is 1. The molecule has 1 fully saturated rings. The van der Waals surface area contributed by atoms with Crippen molar-refractivity contribution in [3.8, 4) is 11.1 Å². The number of carbonyl (C=O) groups excluding carboxylic acids is 3. The lowest BCUT2D eigenvalue weighted by Crippen LogP contribution is -2.45. The number of nitrogens with zero attached hydrogens (tertiary/aromatic N) is 2. The minimum atomic E-state index is -1.10. The average Bonchev–Trinajstić information content (AvgIpc) is 3.17. The maximum Gasteiger partial charge on any atom is 0.329 e. The number of hydrogen-bond donors (Lipinski definition) is 0. The Kier molecular flexibility index (Phi) is 6.12. The molecule has 0 saturated carbocycles. The van der Waals surface area contributed by atoms with Crippen molar-refractivity contribution >= 4 is 23.6 Å². The largest absolute Gasteiger partial charge is 0.466 e. The number of hydrogen-bond acceptors (Lipinski definition) is 8. The summed E-state index contributed by atoms with van der Waals surface area (Å²) in [5.41, 5.74) is 3.07. The van der Waals surface area contributed by atoms with Crippen LogP contribution < -0.4 is 4.90 Å². The second kappa shape index (κ2) is 8.98. The molecule has 0 aliphatic carbocycles. The third-order valence-electron chi connectivity index (χ3n) is 5.90. The maximum atomic E-state index is 13.2. The Bertz CT molecular complexity index is 965. The van der Waals surface area contributed by atoms with E-state index in [1.54, 1.807) is 31.9 Å². The van der Waals surface area contributed by atoms with Crippen LogP contribution in [0.5, 0.6) is 0 Å². The number of carbonyl (C=O) groups is 3. The summed E-state index contributed by atoms with van der Waals surface area (Å²) in [5.74, 6) is -3.86. The van der Waals surface area contributed by atoms with E-state index in [0.29, 0.717) is 5.69 Å². The standard InChI is InChI=1S/C24H26N2O6/c1-4-30-22(27)17-18(23(28)31-5-2)21(24(29)32-6-3)26-16-12-8-7-10-14(16)15-11-9-13-25-19(15)20(17)26/h7-13,17-18,20-21H,4-6H2,1-3H3. The van der Waals surface area contributed by atoms with Crippen LogP contribution in [0.3, 0.4) is 0 Å². The number of aromatic nitrogens is 1. The van der Waals surface area contributed by atoms with Gasteiger partial charge in [-0.25, -0.2) is 4.79 Å². The van der Waals surface area contributed by atoms with Crippen molar-refractivity contribution in [2.75, 3.05) is 24.7 Å². The van der Waals surface area contributed by atoms with E-state index in [0.717, 1.165) is 16.8 Å². The molecular weight excluding hydrogens is 412 g/mol. The van der Waals surface area contributed by atoms with E-state index in [2.05, 4.69) is 4.98 Å². The van der Waals surface area contributed by atoms with E-state index < -0.39 is 41.8 Å². The molecule has 1 aromatic carbocycles. The number of para-hydroxylation sites is 1. The molecule has 2 aliphatic heterocycles. The summed E-state index contributed by atoms with van der Waals surface area (Å²) in [6.07, 6.45) is 1.64. The highest BCUT2D eigenvalue weighted by Crippen LogP contribution is 2.55. The quantitative estimate of drug-likeness (QED) is 0.502. The van der Waals surface area contributed by atoms with Gasteiger partial charge in [-0.2, -0.15) is 0 Å². The third kappa shape index (κ3) is 3.39. The van der Waals surface area contributed by atoms with E-state index in [-0.39, 0.29) is 19.8 Å². The number of esters is 3. The normalized spacial score (nSPS) is 22.9. The highest BCUT2D eigenvalue weighted by molar-refractivity contribution is 5.98. The molecule has 8 heteroatoms. The number of rotatable bonds is 6. The molecule has 0 N–H and O–H groups in total. The lowest BCUT2D eigenvalue weighted by molar-refractivity contribution is -0.162.